The first kappa shape index (κ1) is 51.2. The average Bonchev–Trinajstić information content (AvgIpc) is 3.30. The van der Waals surface area contributed by atoms with Gasteiger partial charge in [0, 0.05) is 50.5 Å². The lowest BCUT2D eigenvalue weighted by atomic mass is 9.81. The Kier molecular flexibility index (Phi) is 20.5. The van der Waals surface area contributed by atoms with Crippen LogP contribution in [0.5, 0.6) is 0 Å². The highest BCUT2D eigenvalue weighted by Gasteiger charge is 2.31. The molecule has 0 heterocycles. The molecule has 1 fully saturated rings. The van der Waals surface area contributed by atoms with E-state index in [4.69, 9.17) is 6.52 Å². The Bertz CT molecular complexity index is 2170. The Hall–Kier alpha value is -5.76. The number of carbonyl (C=O) groups is 8. The van der Waals surface area contributed by atoms with Crippen LogP contribution in [0.2, 0.25) is 1.41 Å². The van der Waals surface area contributed by atoms with Gasteiger partial charge in [0.2, 0.25) is 11.8 Å². The van der Waals surface area contributed by atoms with Crippen molar-refractivity contribution >= 4 is 57.8 Å². The van der Waals surface area contributed by atoms with Crippen LogP contribution in [0, 0.1) is 29.6 Å². The number of nitrogens with one attached hydrogen (secondary N) is 2. The predicted octanol–water partition coefficient (Wildman–Crippen LogP) is 7.21. The molecule has 14 heteroatoms. The molecule has 14 nitrogen and oxygen atoms in total. The maximum absolute atomic E-state index is 13.8. The molecule has 0 spiro atoms. The molecule has 358 valence electrons. The molecule has 1 saturated carbocycles. The van der Waals surface area contributed by atoms with Gasteiger partial charge in [-0.3, -0.25) is 38.4 Å². The number of aliphatic carboxylic acids is 3. The number of amides is 2. The number of hydrogen-bond donors (Lipinski definition) is 6. The number of Topliss-reactive ketones (excluding diaryl/α,β-unsaturated/α-hetero) is 3. The lowest BCUT2D eigenvalue weighted by Crippen LogP contribution is -2.46. The Morgan fingerprint density at radius 1 is 0.697 bits per heavy atom. The minimum absolute atomic E-state index is 0.0951. The molecule has 2 amide bonds. The molecule has 7 N–H and O–H groups in total. The summed E-state index contributed by atoms with van der Waals surface area (Å²) in [5, 5.41) is 36.1. The maximum Gasteiger partial charge on any atom is 0.306 e. The predicted molar refractivity (Wildman–Crippen MR) is 250 cm³/mol. The summed E-state index contributed by atoms with van der Waals surface area (Å²) >= 11 is 0. The summed E-state index contributed by atoms with van der Waals surface area (Å²) < 4.78 is 7.78. The van der Waals surface area contributed by atoms with Gasteiger partial charge < -0.3 is 31.7 Å². The highest BCUT2D eigenvalue weighted by Crippen LogP contribution is 2.29. The molecule has 5 unspecified atom stereocenters. The largest absolute Gasteiger partial charge is 0.481 e. The number of carboxylic acids is 3. The van der Waals surface area contributed by atoms with Crippen molar-refractivity contribution in [1.29, 1.82) is 0 Å². The molecule has 0 bridgehead atoms. The molecule has 66 heavy (non-hydrogen) atoms. The molecule has 3 aromatic carbocycles. The van der Waals surface area contributed by atoms with E-state index in [-0.39, 0.29) is 67.8 Å². The first-order valence-electron chi connectivity index (χ1n) is 24.0. The van der Waals surface area contributed by atoms with E-state index in [0.717, 1.165) is 28.3 Å². The van der Waals surface area contributed by atoms with Crippen LogP contribution in [0.25, 0.3) is 10.8 Å². The van der Waals surface area contributed by atoms with Crippen LogP contribution in [0.1, 0.15) is 133 Å². The number of benzene rings is 3. The monoisotopic (exact) mass is 912 g/mol. The molecule has 5 atom stereocenters. The Labute approximate surface area is 389 Å². The van der Waals surface area contributed by atoms with Crippen molar-refractivity contribution in [3.05, 3.63) is 83.4 Å². The lowest BCUT2D eigenvalue weighted by molar-refractivity contribution is -0.146. The van der Waals surface area contributed by atoms with Gasteiger partial charge >= 0.3 is 17.9 Å². The molecular weight excluding hydrogens is 843 g/mol. The third-order valence-corrected chi connectivity index (χ3v) is 12.9. The molecule has 4 rings (SSSR count). The van der Waals surface area contributed by atoms with E-state index >= 15 is 0 Å². The average molecular weight is 913 g/mol. The van der Waals surface area contributed by atoms with Crippen molar-refractivity contribution in [3.8, 4) is 0 Å². The van der Waals surface area contributed by atoms with Crippen LogP contribution in [-0.2, 0) is 51.2 Å². The van der Waals surface area contributed by atoms with Gasteiger partial charge in [0.15, 0.2) is 5.78 Å². The maximum atomic E-state index is 13.8. The van der Waals surface area contributed by atoms with Gasteiger partial charge in [-0.25, -0.2) is 0 Å². The van der Waals surface area contributed by atoms with Crippen LogP contribution in [0.3, 0.4) is 0 Å². The minimum atomic E-state index is -1.31. The number of rotatable bonds is 30. The zero-order valence-electron chi connectivity index (χ0n) is 39.6. The topological polar surface area (TPSA) is 247 Å². The number of unbranched alkanes of at least 4 members (excludes halogenated alkanes) is 2. The van der Waals surface area contributed by atoms with Crippen molar-refractivity contribution in [2.75, 3.05) is 6.54 Å². The van der Waals surface area contributed by atoms with Gasteiger partial charge in [-0.1, -0.05) is 100 Å². The van der Waals surface area contributed by atoms with Crippen LogP contribution in [0.4, 0.5) is 0 Å². The summed E-state index contributed by atoms with van der Waals surface area (Å²) in [7, 11) is 0. The van der Waals surface area contributed by atoms with Crippen LogP contribution < -0.4 is 16.4 Å². The quantitative estimate of drug-likeness (QED) is 0.0363. The smallest absolute Gasteiger partial charge is 0.306 e. The van der Waals surface area contributed by atoms with Crippen molar-refractivity contribution in [2.24, 2.45) is 35.3 Å². The molecule has 0 aromatic heterocycles. The minimum Gasteiger partial charge on any atom is -0.481 e. The Morgan fingerprint density at radius 2 is 1.33 bits per heavy atom. The SMILES string of the molecule is [2H]NC(CC(=O)C(C)c1ccc(CC(C)C)cc1)C(=O)NCC1CCC(C(=O)NC(Cc2ccc3ccccc3c2)C(=O)CCCCCC(CC(=O)CC(CCC(=O)O)C(=O)O)C(=O)O)CC1. The van der Waals surface area contributed by atoms with Crippen molar-refractivity contribution < 1.29 is 55.1 Å². The Morgan fingerprint density at radius 3 is 1.95 bits per heavy atom. The molecule has 0 radical (unpaired) electrons. The number of carbonyl (C=O) groups excluding carboxylic acids is 5. The molecule has 3 aromatic rings. The summed E-state index contributed by atoms with van der Waals surface area (Å²) in [5.41, 5.74) is 5.20. The third kappa shape index (κ3) is 17.6. The van der Waals surface area contributed by atoms with Gasteiger partial charge in [-0.05, 0) is 97.1 Å². The molecular formula is C52H69N3O11. The van der Waals surface area contributed by atoms with Crippen LogP contribution in [-0.4, -0.2) is 81.0 Å². The fraction of sp³-hybridized carbons (Fsp3) is 0.538. The van der Waals surface area contributed by atoms with Gasteiger partial charge in [0.05, 0.1) is 23.9 Å². The van der Waals surface area contributed by atoms with E-state index in [9.17, 15) is 48.6 Å². The summed E-state index contributed by atoms with van der Waals surface area (Å²) in [6, 6.07) is 19.9. The molecule has 0 saturated heterocycles. The van der Waals surface area contributed by atoms with Crippen molar-refractivity contribution in [3.63, 3.8) is 0 Å². The van der Waals surface area contributed by atoms with E-state index in [0.29, 0.717) is 57.4 Å². The van der Waals surface area contributed by atoms with Gasteiger partial charge in [-0.15, -0.1) is 0 Å². The summed E-state index contributed by atoms with van der Waals surface area (Å²) in [6.45, 7) is 6.46. The summed E-state index contributed by atoms with van der Waals surface area (Å²) in [6.07, 6.45) is 3.65. The van der Waals surface area contributed by atoms with Crippen molar-refractivity contribution in [1.82, 2.24) is 10.6 Å². The van der Waals surface area contributed by atoms with E-state index in [1.807, 2.05) is 73.7 Å². The first-order chi connectivity index (χ1) is 31.9. The number of fused-ring (bicyclic) bond motifs is 1. The van der Waals surface area contributed by atoms with Gasteiger partial charge in [0.1, 0.15) is 13.0 Å². The highest BCUT2D eigenvalue weighted by molar-refractivity contribution is 5.93. The molecule has 0 aliphatic heterocycles. The number of ketones is 3. The van der Waals surface area contributed by atoms with Crippen LogP contribution >= 0.6 is 0 Å². The lowest BCUT2D eigenvalue weighted by Gasteiger charge is -2.29. The van der Waals surface area contributed by atoms with E-state index in [2.05, 4.69) is 30.2 Å². The van der Waals surface area contributed by atoms with Crippen molar-refractivity contribution in [2.45, 2.75) is 142 Å². The number of nitrogens with two attached hydrogens (primary N) is 1. The van der Waals surface area contributed by atoms with E-state index < -0.39 is 72.3 Å². The first-order valence-corrected chi connectivity index (χ1v) is 23.5. The van der Waals surface area contributed by atoms with Gasteiger partial charge in [-0.2, -0.15) is 0 Å². The molecule has 1 aliphatic carbocycles. The molecule has 1 aliphatic rings. The highest BCUT2D eigenvalue weighted by atomic mass is 16.4. The second-order valence-corrected chi connectivity index (χ2v) is 18.7. The third-order valence-electron chi connectivity index (χ3n) is 12.9. The fourth-order valence-electron chi connectivity index (χ4n) is 8.80. The fourth-order valence-corrected chi connectivity index (χ4v) is 8.80. The van der Waals surface area contributed by atoms with E-state index in [1.54, 1.807) is 0 Å². The Balaban J connectivity index is 1.27. The zero-order chi connectivity index (χ0) is 49.0. The van der Waals surface area contributed by atoms with Gasteiger partial charge in [0.25, 0.3) is 0 Å². The second-order valence-electron chi connectivity index (χ2n) is 18.7. The number of carboxylic acid groups (broad SMARTS) is 3. The van der Waals surface area contributed by atoms with Crippen LogP contribution in [0.15, 0.2) is 66.7 Å². The zero-order valence-corrected chi connectivity index (χ0v) is 38.6. The summed E-state index contributed by atoms with van der Waals surface area (Å²) in [5.74, 6) is -7.60. The normalized spacial score (nSPS) is 17.4. The second kappa shape index (κ2) is 26.4. The van der Waals surface area contributed by atoms with E-state index in [1.165, 1.54) is 5.56 Å². The summed E-state index contributed by atoms with van der Waals surface area (Å²) in [4.78, 5) is 101. The standard InChI is InChI=1S/C52H69N3O11/c1-32(2)25-34-13-18-37(19-14-34)33(3)47(58)30-44(53)50(62)54-31-35-15-21-39(22-16-35)49(61)55-45(27-36-17-20-38-9-7-8-10-40(38)26-36)46(57)12-6-4-5-11-41(51(63)64)28-43(56)29-42(52(65)66)23-24-48(59)60/h7-10,13-14,17-20,26,32-33,35,39,41-42,44-45H,4-6,11-12,15-16,21-25,27-31,53H2,1-3H3,(H,54,62)(H,55,61)(H,59,60)(H,63,64)(H,65,66)/i/hD. The number of hydrogen-bond acceptors (Lipinski definition) is 9.